The number of hydrogen-bond acceptors (Lipinski definition) is 2. The van der Waals surface area contributed by atoms with E-state index >= 15 is 0 Å². The van der Waals surface area contributed by atoms with Gasteiger partial charge in [0.05, 0.1) is 0 Å². The minimum absolute atomic E-state index is 0.545. The standard InChI is InChI=1S/C17H27BrN2/c1-15(14-16-6-8-17(18)9-7-16)19-10-13-20-11-4-2-3-5-12-20/h6-9,15,19H,2-5,10-14H2,1H3. The van der Waals surface area contributed by atoms with Crippen LogP contribution in [-0.2, 0) is 6.42 Å². The van der Waals surface area contributed by atoms with Gasteiger partial charge in [-0.2, -0.15) is 0 Å². The maximum Gasteiger partial charge on any atom is 0.0175 e. The second-order valence-corrected chi connectivity index (χ2v) is 6.86. The summed E-state index contributed by atoms with van der Waals surface area (Å²) in [6, 6.07) is 9.20. The molecule has 1 fully saturated rings. The molecule has 1 atom stereocenters. The van der Waals surface area contributed by atoms with E-state index in [1.165, 1.54) is 50.9 Å². The molecule has 1 aromatic carbocycles. The summed E-state index contributed by atoms with van der Waals surface area (Å²) in [6.07, 6.45) is 6.71. The lowest BCUT2D eigenvalue weighted by atomic mass is 10.1. The van der Waals surface area contributed by atoms with Gasteiger partial charge in [0, 0.05) is 23.6 Å². The molecule has 0 spiro atoms. The Morgan fingerprint density at radius 1 is 1.10 bits per heavy atom. The molecular weight excluding hydrogens is 312 g/mol. The maximum absolute atomic E-state index is 3.66. The first-order valence-corrected chi connectivity index (χ1v) is 8.73. The van der Waals surface area contributed by atoms with E-state index in [0.29, 0.717) is 6.04 Å². The van der Waals surface area contributed by atoms with E-state index in [-0.39, 0.29) is 0 Å². The number of benzene rings is 1. The van der Waals surface area contributed by atoms with Gasteiger partial charge >= 0.3 is 0 Å². The predicted octanol–water partition coefficient (Wildman–Crippen LogP) is 3.85. The lowest BCUT2D eigenvalue weighted by Gasteiger charge is -2.21. The van der Waals surface area contributed by atoms with E-state index < -0.39 is 0 Å². The summed E-state index contributed by atoms with van der Waals surface area (Å²) in [6.45, 7) is 7.18. The summed E-state index contributed by atoms with van der Waals surface area (Å²) < 4.78 is 1.16. The van der Waals surface area contributed by atoms with Gasteiger partial charge < -0.3 is 10.2 Å². The van der Waals surface area contributed by atoms with Crippen LogP contribution in [0.4, 0.5) is 0 Å². The van der Waals surface area contributed by atoms with Gasteiger partial charge in [-0.25, -0.2) is 0 Å². The molecule has 0 bridgehead atoms. The van der Waals surface area contributed by atoms with Gasteiger partial charge in [0.15, 0.2) is 0 Å². The van der Waals surface area contributed by atoms with Crippen molar-refractivity contribution in [1.82, 2.24) is 10.2 Å². The lowest BCUT2D eigenvalue weighted by Crippen LogP contribution is -2.37. The third-order valence-electron chi connectivity index (χ3n) is 4.07. The van der Waals surface area contributed by atoms with Crippen LogP contribution >= 0.6 is 15.9 Å². The minimum Gasteiger partial charge on any atom is -0.313 e. The largest absolute Gasteiger partial charge is 0.313 e. The van der Waals surface area contributed by atoms with Crippen LogP contribution in [0.3, 0.4) is 0 Å². The Hall–Kier alpha value is -0.380. The Kier molecular flexibility index (Phi) is 7.05. The van der Waals surface area contributed by atoms with Crippen molar-refractivity contribution < 1.29 is 0 Å². The van der Waals surface area contributed by atoms with Crippen molar-refractivity contribution in [2.45, 2.75) is 45.1 Å². The molecule has 112 valence electrons. The Balaban J connectivity index is 1.64. The summed E-state index contributed by atoms with van der Waals surface area (Å²) in [4.78, 5) is 2.62. The number of halogens is 1. The number of likely N-dealkylation sites (tertiary alicyclic amines) is 1. The molecule has 1 heterocycles. The van der Waals surface area contributed by atoms with Gasteiger partial charge in [0.1, 0.15) is 0 Å². The molecule has 1 unspecified atom stereocenters. The van der Waals surface area contributed by atoms with Crippen LogP contribution in [0.2, 0.25) is 0 Å². The van der Waals surface area contributed by atoms with Gasteiger partial charge in [-0.3, -0.25) is 0 Å². The van der Waals surface area contributed by atoms with Crippen molar-refractivity contribution >= 4 is 15.9 Å². The van der Waals surface area contributed by atoms with Crippen LogP contribution < -0.4 is 5.32 Å². The zero-order chi connectivity index (χ0) is 14.2. The second kappa shape index (κ2) is 8.81. The molecule has 0 amide bonds. The van der Waals surface area contributed by atoms with Crippen molar-refractivity contribution in [2.24, 2.45) is 0 Å². The zero-order valence-corrected chi connectivity index (χ0v) is 14.2. The highest BCUT2D eigenvalue weighted by Crippen LogP contribution is 2.12. The van der Waals surface area contributed by atoms with Crippen LogP contribution in [0.1, 0.15) is 38.2 Å². The van der Waals surface area contributed by atoms with Crippen LogP contribution in [0, 0.1) is 0 Å². The van der Waals surface area contributed by atoms with Crippen LogP contribution in [0.5, 0.6) is 0 Å². The van der Waals surface area contributed by atoms with E-state index in [9.17, 15) is 0 Å². The van der Waals surface area contributed by atoms with E-state index in [4.69, 9.17) is 0 Å². The molecule has 1 aliphatic rings. The molecule has 2 rings (SSSR count). The number of nitrogens with one attached hydrogen (secondary N) is 1. The van der Waals surface area contributed by atoms with Gasteiger partial charge in [-0.15, -0.1) is 0 Å². The predicted molar refractivity (Wildman–Crippen MR) is 90.2 cm³/mol. The smallest absolute Gasteiger partial charge is 0.0175 e. The highest BCUT2D eigenvalue weighted by Gasteiger charge is 2.09. The Morgan fingerprint density at radius 3 is 2.40 bits per heavy atom. The van der Waals surface area contributed by atoms with Gasteiger partial charge in [-0.1, -0.05) is 40.9 Å². The lowest BCUT2D eigenvalue weighted by molar-refractivity contribution is 0.280. The van der Waals surface area contributed by atoms with E-state index in [0.717, 1.165) is 17.4 Å². The molecule has 0 aromatic heterocycles. The van der Waals surface area contributed by atoms with E-state index in [1.54, 1.807) is 0 Å². The van der Waals surface area contributed by atoms with Crippen molar-refractivity contribution in [3.8, 4) is 0 Å². The van der Waals surface area contributed by atoms with E-state index in [2.05, 4.69) is 57.3 Å². The fraction of sp³-hybridized carbons (Fsp3) is 0.647. The van der Waals surface area contributed by atoms with Crippen LogP contribution in [0.15, 0.2) is 28.7 Å². The molecule has 0 radical (unpaired) electrons. The number of nitrogens with zero attached hydrogens (tertiary/aromatic N) is 1. The summed E-state index contributed by atoms with van der Waals surface area (Å²) in [7, 11) is 0. The highest BCUT2D eigenvalue weighted by molar-refractivity contribution is 9.10. The molecule has 0 aliphatic carbocycles. The molecular formula is C17H27BrN2. The molecule has 1 aliphatic heterocycles. The first-order valence-electron chi connectivity index (χ1n) is 7.94. The molecule has 20 heavy (non-hydrogen) atoms. The normalized spacial score (nSPS) is 18.7. The summed E-state index contributed by atoms with van der Waals surface area (Å²) in [5.74, 6) is 0. The molecule has 1 N–H and O–H groups in total. The average Bonchev–Trinajstić information content (AvgIpc) is 2.70. The third kappa shape index (κ3) is 5.94. The monoisotopic (exact) mass is 338 g/mol. The summed E-state index contributed by atoms with van der Waals surface area (Å²) in [5, 5.41) is 3.66. The second-order valence-electron chi connectivity index (χ2n) is 5.94. The van der Waals surface area contributed by atoms with Crippen molar-refractivity contribution in [3.05, 3.63) is 34.3 Å². The Bertz CT molecular complexity index is 369. The first kappa shape index (κ1) is 16.0. The van der Waals surface area contributed by atoms with Crippen molar-refractivity contribution in [3.63, 3.8) is 0 Å². The van der Waals surface area contributed by atoms with Gasteiger partial charge in [0.25, 0.3) is 0 Å². The highest BCUT2D eigenvalue weighted by atomic mass is 79.9. The topological polar surface area (TPSA) is 15.3 Å². The van der Waals surface area contributed by atoms with Crippen LogP contribution in [-0.4, -0.2) is 37.1 Å². The van der Waals surface area contributed by atoms with Gasteiger partial charge in [-0.05, 0) is 57.0 Å². The van der Waals surface area contributed by atoms with Crippen molar-refractivity contribution in [2.75, 3.05) is 26.2 Å². The molecule has 2 nitrogen and oxygen atoms in total. The minimum atomic E-state index is 0.545. The number of rotatable bonds is 6. The molecule has 1 saturated heterocycles. The molecule has 1 aromatic rings. The number of hydrogen-bond donors (Lipinski definition) is 1. The zero-order valence-electron chi connectivity index (χ0n) is 12.6. The van der Waals surface area contributed by atoms with Crippen LogP contribution in [0.25, 0.3) is 0 Å². The SMILES string of the molecule is CC(Cc1ccc(Br)cc1)NCCN1CCCCCC1. The molecule has 3 heteroatoms. The average molecular weight is 339 g/mol. The molecule has 0 saturated carbocycles. The Morgan fingerprint density at radius 2 is 1.75 bits per heavy atom. The summed E-state index contributed by atoms with van der Waals surface area (Å²) >= 11 is 3.48. The quantitative estimate of drug-likeness (QED) is 0.847. The summed E-state index contributed by atoms with van der Waals surface area (Å²) in [5.41, 5.74) is 1.41. The third-order valence-corrected chi connectivity index (χ3v) is 4.60. The maximum atomic E-state index is 3.66. The fourth-order valence-electron chi connectivity index (χ4n) is 2.88. The van der Waals surface area contributed by atoms with Crippen molar-refractivity contribution in [1.29, 1.82) is 0 Å². The first-order chi connectivity index (χ1) is 9.74. The van der Waals surface area contributed by atoms with E-state index in [1.807, 2.05) is 0 Å². The van der Waals surface area contributed by atoms with Gasteiger partial charge in [0.2, 0.25) is 0 Å². The Labute approximate surface area is 132 Å². The fourth-order valence-corrected chi connectivity index (χ4v) is 3.14.